The molecule has 2 aromatic rings. The second-order valence-electron chi connectivity index (χ2n) is 5.98. The minimum atomic E-state index is 0.130. The number of amides is 1. The zero-order chi connectivity index (χ0) is 16.2. The van der Waals surface area contributed by atoms with Gasteiger partial charge in [-0.3, -0.25) is 4.79 Å². The van der Waals surface area contributed by atoms with Crippen molar-refractivity contribution in [1.29, 1.82) is 0 Å². The van der Waals surface area contributed by atoms with Crippen LogP contribution in [0.3, 0.4) is 0 Å². The van der Waals surface area contributed by atoms with Crippen LogP contribution in [0, 0.1) is 6.92 Å². The first-order valence-corrected chi connectivity index (χ1v) is 8.90. The van der Waals surface area contributed by atoms with Crippen molar-refractivity contribution in [2.75, 3.05) is 20.2 Å². The monoisotopic (exact) mass is 330 g/mol. The molecule has 1 aromatic heterocycles. The summed E-state index contributed by atoms with van der Waals surface area (Å²) in [4.78, 5) is 19.8. The molecule has 0 radical (unpaired) electrons. The molecule has 1 saturated heterocycles. The summed E-state index contributed by atoms with van der Waals surface area (Å²) in [7, 11) is 1.68. The Hall–Kier alpha value is -1.88. The van der Waals surface area contributed by atoms with Gasteiger partial charge < -0.3 is 9.64 Å². The van der Waals surface area contributed by atoms with Crippen LogP contribution in [0.4, 0.5) is 0 Å². The fourth-order valence-corrected chi connectivity index (χ4v) is 3.89. The van der Waals surface area contributed by atoms with Crippen LogP contribution >= 0.6 is 11.3 Å². The molecular weight excluding hydrogens is 308 g/mol. The SMILES string of the molecule is COc1ccc(C2CCCCN(C(=O)c3scnc3C)C2)cc1. The fraction of sp³-hybridized carbons (Fsp3) is 0.444. The predicted molar refractivity (Wildman–Crippen MR) is 92.3 cm³/mol. The number of hydrogen-bond acceptors (Lipinski definition) is 4. The summed E-state index contributed by atoms with van der Waals surface area (Å²) >= 11 is 1.44. The van der Waals surface area contributed by atoms with Crippen molar-refractivity contribution in [3.8, 4) is 5.75 Å². The van der Waals surface area contributed by atoms with Crippen molar-refractivity contribution in [2.24, 2.45) is 0 Å². The largest absolute Gasteiger partial charge is 0.497 e. The highest BCUT2D eigenvalue weighted by Crippen LogP contribution is 2.29. The van der Waals surface area contributed by atoms with Crippen LogP contribution in [0.2, 0.25) is 0 Å². The van der Waals surface area contributed by atoms with Crippen LogP contribution in [-0.4, -0.2) is 36.0 Å². The van der Waals surface area contributed by atoms with Crippen LogP contribution in [-0.2, 0) is 0 Å². The Kier molecular flexibility index (Phi) is 4.96. The summed E-state index contributed by atoms with van der Waals surface area (Å²) in [6.45, 7) is 3.52. The molecule has 0 bridgehead atoms. The minimum Gasteiger partial charge on any atom is -0.497 e. The molecule has 1 amide bonds. The molecular formula is C18H22N2O2S. The topological polar surface area (TPSA) is 42.4 Å². The normalized spacial score (nSPS) is 18.5. The van der Waals surface area contributed by atoms with Crippen LogP contribution in [0.5, 0.6) is 5.75 Å². The fourth-order valence-electron chi connectivity index (χ4n) is 3.13. The summed E-state index contributed by atoms with van der Waals surface area (Å²) in [5, 5.41) is 0. The molecule has 0 spiro atoms. The van der Waals surface area contributed by atoms with E-state index >= 15 is 0 Å². The van der Waals surface area contributed by atoms with E-state index in [9.17, 15) is 4.79 Å². The summed E-state index contributed by atoms with van der Waals surface area (Å²) in [6.07, 6.45) is 3.34. The molecule has 5 heteroatoms. The number of likely N-dealkylation sites (tertiary alicyclic amines) is 1. The third-order valence-corrected chi connectivity index (χ3v) is 5.40. The highest BCUT2D eigenvalue weighted by atomic mass is 32.1. The molecule has 0 aliphatic carbocycles. The molecule has 1 aliphatic heterocycles. The van der Waals surface area contributed by atoms with E-state index in [1.54, 1.807) is 12.6 Å². The summed E-state index contributed by atoms with van der Waals surface area (Å²) in [5.74, 6) is 1.39. The highest BCUT2D eigenvalue weighted by Gasteiger charge is 2.25. The zero-order valence-corrected chi connectivity index (χ0v) is 14.4. The van der Waals surface area contributed by atoms with E-state index < -0.39 is 0 Å². The maximum Gasteiger partial charge on any atom is 0.265 e. The van der Waals surface area contributed by atoms with Gasteiger partial charge in [0.15, 0.2) is 0 Å². The summed E-state index contributed by atoms with van der Waals surface area (Å²) < 4.78 is 5.23. The lowest BCUT2D eigenvalue weighted by Crippen LogP contribution is -2.34. The first-order valence-electron chi connectivity index (χ1n) is 8.02. The van der Waals surface area contributed by atoms with Gasteiger partial charge in [-0.1, -0.05) is 18.6 Å². The molecule has 4 nitrogen and oxygen atoms in total. The molecule has 1 fully saturated rings. The standard InChI is InChI=1S/C18H22N2O2S/c1-13-17(23-12-19-13)18(21)20-10-4-3-5-15(11-20)14-6-8-16(22-2)9-7-14/h6-9,12,15H,3-5,10-11H2,1-2H3. The van der Waals surface area contributed by atoms with Crippen LogP contribution in [0.15, 0.2) is 29.8 Å². The van der Waals surface area contributed by atoms with Crippen molar-refractivity contribution in [3.05, 3.63) is 45.9 Å². The van der Waals surface area contributed by atoms with Crippen molar-refractivity contribution < 1.29 is 9.53 Å². The Balaban J connectivity index is 1.77. The van der Waals surface area contributed by atoms with E-state index in [0.29, 0.717) is 5.92 Å². The number of nitrogens with zero attached hydrogens (tertiary/aromatic N) is 2. The van der Waals surface area contributed by atoms with Crippen LogP contribution in [0.1, 0.15) is 46.1 Å². The van der Waals surface area contributed by atoms with Gasteiger partial charge in [0.05, 0.1) is 18.3 Å². The Bertz CT molecular complexity index is 666. The lowest BCUT2D eigenvalue weighted by Gasteiger charge is -2.24. The molecule has 1 aromatic carbocycles. The molecule has 0 saturated carbocycles. The van der Waals surface area contributed by atoms with Gasteiger partial charge >= 0.3 is 0 Å². The number of carbonyl (C=O) groups excluding carboxylic acids is 1. The number of methoxy groups -OCH3 is 1. The number of aryl methyl sites for hydroxylation is 1. The van der Waals surface area contributed by atoms with Crippen LogP contribution < -0.4 is 4.74 Å². The average molecular weight is 330 g/mol. The smallest absolute Gasteiger partial charge is 0.265 e. The van der Waals surface area contributed by atoms with Gasteiger partial charge in [0.25, 0.3) is 5.91 Å². The lowest BCUT2D eigenvalue weighted by molar-refractivity contribution is 0.0758. The van der Waals surface area contributed by atoms with Gasteiger partial charge in [0.1, 0.15) is 10.6 Å². The molecule has 0 N–H and O–H groups in total. The van der Waals surface area contributed by atoms with Crippen LogP contribution in [0.25, 0.3) is 0 Å². The Morgan fingerprint density at radius 3 is 2.74 bits per heavy atom. The van der Waals surface area contributed by atoms with Crippen molar-refractivity contribution in [2.45, 2.75) is 32.1 Å². The third-order valence-electron chi connectivity index (χ3n) is 4.49. The molecule has 1 aliphatic rings. The van der Waals surface area contributed by atoms with Gasteiger partial charge in [-0.2, -0.15) is 0 Å². The van der Waals surface area contributed by atoms with Crippen molar-refractivity contribution >= 4 is 17.2 Å². The third kappa shape index (κ3) is 3.55. The minimum absolute atomic E-state index is 0.130. The van der Waals surface area contributed by atoms with E-state index in [0.717, 1.165) is 48.7 Å². The quantitative estimate of drug-likeness (QED) is 0.858. The Labute approximate surface area is 141 Å². The number of benzene rings is 1. The van der Waals surface area contributed by atoms with E-state index in [1.165, 1.54) is 16.9 Å². The van der Waals surface area contributed by atoms with E-state index in [-0.39, 0.29) is 5.91 Å². The number of carbonyl (C=O) groups is 1. The second-order valence-corrected chi connectivity index (χ2v) is 6.84. The molecule has 1 unspecified atom stereocenters. The average Bonchev–Trinajstić information content (AvgIpc) is 2.86. The number of aromatic nitrogens is 1. The maximum atomic E-state index is 12.8. The van der Waals surface area contributed by atoms with Gasteiger partial charge in [0.2, 0.25) is 0 Å². The molecule has 2 heterocycles. The molecule has 1 atom stereocenters. The molecule has 122 valence electrons. The first-order chi connectivity index (χ1) is 11.2. The number of thiazole rings is 1. The zero-order valence-electron chi connectivity index (χ0n) is 13.6. The van der Waals surface area contributed by atoms with Gasteiger partial charge in [-0.15, -0.1) is 11.3 Å². The van der Waals surface area contributed by atoms with Gasteiger partial charge in [-0.25, -0.2) is 4.98 Å². The molecule has 3 rings (SSSR count). The van der Waals surface area contributed by atoms with Crippen molar-refractivity contribution in [3.63, 3.8) is 0 Å². The number of ether oxygens (including phenoxy) is 1. The first kappa shape index (κ1) is 16.0. The van der Waals surface area contributed by atoms with E-state index in [1.807, 2.05) is 24.0 Å². The van der Waals surface area contributed by atoms with E-state index in [4.69, 9.17) is 4.74 Å². The number of rotatable bonds is 3. The summed E-state index contributed by atoms with van der Waals surface area (Å²) in [6, 6.07) is 8.24. The highest BCUT2D eigenvalue weighted by molar-refractivity contribution is 7.11. The number of hydrogen-bond donors (Lipinski definition) is 0. The van der Waals surface area contributed by atoms with E-state index in [2.05, 4.69) is 17.1 Å². The predicted octanol–water partition coefficient (Wildman–Crippen LogP) is 3.87. The Morgan fingerprint density at radius 2 is 2.09 bits per heavy atom. The second kappa shape index (κ2) is 7.13. The Morgan fingerprint density at radius 1 is 1.30 bits per heavy atom. The maximum absolute atomic E-state index is 12.8. The van der Waals surface area contributed by atoms with Gasteiger partial charge in [-0.05, 0) is 37.5 Å². The molecule has 23 heavy (non-hydrogen) atoms. The van der Waals surface area contributed by atoms with Gasteiger partial charge in [0, 0.05) is 19.0 Å². The lowest BCUT2D eigenvalue weighted by atomic mass is 9.94. The summed E-state index contributed by atoms with van der Waals surface area (Å²) in [5.41, 5.74) is 3.87. The van der Waals surface area contributed by atoms with Crippen molar-refractivity contribution in [1.82, 2.24) is 9.88 Å².